The van der Waals surface area contributed by atoms with E-state index < -0.39 is 0 Å². The predicted octanol–water partition coefficient (Wildman–Crippen LogP) is 4.54. The molecule has 3 nitrogen and oxygen atoms in total. The highest BCUT2D eigenvalue weighted by atomic mass is 19.1. The molecule has 0 saturated carbocycles. The van der Waals surface area contributed by atoms with Crippen LogP contribution in [-0.2, 0) is 19.5 Å². The number of aryl methyl sites for hydroxylation is 1. The molecular formula is C23H23FN2O. The van der Waals surface area contributed by atoms with Crippen molar-refractivity contribution >= 4 is 0 Å². The highest BCUT2D eigenvalue weighted by Crippen LogP contribution is 2.26. The van der Waals surface area contributed by atoms with E-state index in [1.54, 1.807) is 12.1 Å². The minimum absolute atomic E-state index is 0.174. The van der Waals surface area contributed by atoms with Crippen LogP contribution in [0, 0.1) is 12.7 Å². The van der Waals surface area contributed by atoms with Crippen LogP contribution in [-0.4, -0.2) is 22.5 Å². The first-order valence-corrected chi connectivity index (χ1v) is 9.28. The van der Waals surface area contributed by atoms with Crippen molar-refractivity contribution in [2.45, 2.75) is 32.5 Å². The lowest BCUT2D eigenvalue weighted by atomic mass is 9.93. The third kappa shape index (κ3) is 4.34. The van der Waals surface area contributed by atoms with Gasteiger partial charge in [-0.05, 0) is 47.7 Å². The van der Waals surface area contributed by atoms with Crippen LogP contribution in [0.25, 0.3) is 0 Å². The summed E-state index contributed by atoms with van der Waals surface area (Å²) in [5, 5.41) is 0. The van der Waals surface area contributed by atoms with Crippen LogP contribution >= 0.6 is 0 Å². The second-order valence-corrected chi connectivity index (χ2v) is 7.15. The van der Waals surface area contributed by atoms with Gasteiger partial charge in [-0.3, -0.25) is 4.90 Å². The van der Waals surface area contributed by atoms with E-state index in [1.165, 1.54) is 11.1 Å². The van der Waals surface area contributed by atoms with E-state index in [0.717, 1.165) is 30.6 Å². The van der Waals surface area contributed by atoms with Crippen LogP contribution in [0.2, 0.25) is 0 Å². The number of fused-ring (bicyclic) bond motifs is 1. The molecule has 2 heterocycles. The third-order valence-corrected chi connectivity index (χ3v) is 5.05. The summed E-state index contributed by atoms with van der Waals surface area (Å²) in [6.07, 6.45) is 2.66. The molecule has 1 aromatic heterocycles. The fourth-order valence-electron chi connectivity index (χ4n) is 3.56. The molecule has 0 N–H and O–H groups in total. The Morgan fingerprint density at radius 2 is 1.93 bits per heavy atom. The minimum Gasteiger partial charge on any atom is -0.476 e. The summed E-state index contributed by atoms with van der Waals surface area (Å²) >= 11 is 0. The normalized spacial score (nSPS) is 16.7. The van der Waals surface area contributed by atoms with Gasteiger partial charge in [0.15, 0.2) is 0 Å². The molecule has 0 fully saturated rings. The van der Waals surface area contributed by atoms with Gasteiger partial charge in [0, 0.05) is 31.4 Å². The zero-order chi connectivity index (χ0) is 18.6. The van der Waals surface area contributed by atoms with Crippen LogP contribution < -0.4 is 4.74 Å². The van der Waals surface area contributed by atoms with Crippen molar-refractivity contribution in [3.05, 3.63) is 94.9 Å². The molecule has 0 spiro atoms. The Balaban J connectivity index is 1.53. The van der Waals surface area contributed by atoms with E-state index in [1.807, 2.05) is 37.4 Å². The SMILES string of the molecule is Cc1ccc(OCC2Cc3ccc(F)cc3CN2Cc2ccccc2)nc1. The molecule has 1 aliphatic rings. The van der Waals surface area contributed by atoms with Crippen molar-refractivity contribution in [2.24, 2.45) is 0 Å². The van der Waals surface area contributed by atoms with Gasteiger partial charge in [0.1, 0.15) is 12.4 Å². The number of hydrogen-bond acceptors (Lipinski definition) is 3. The van der Waals surface area contributed by atoms with Gasteiger partial charge in [0.05, 0.1) is 0 Å². The Labute approximate surface area is 159 Å². The summed E-state index contributed by atoms with van der Waals surface area (Å²) in [4.78, 5) is 6.70. The van der Waals surface area contributed by atoms with Crippen LogP contribution in [0.5, 0.6) is 5.88 Å². The fourth-order valence-corrected chi connectivity index (χ4v) is 3.56. The van der Waals surface area contributed by atoms with Crippen molar-refractivity contribution in [1.82, 2.24) is 9.88 Å². The third-order valence-electron chi connectivity index (χ3n) is 5.05. The van der Waals surface area contributed by atoms with Crippen molar-refractivity contribution < 1.29 is 9.13 Å². The van der Waals surface area contributed by atoms with Gasteiger partial charge in [-0.2, -0.15) is 0 Å². The lowest BCUT2D eigenvalue weighted by molar-refractivity contribution is 0.107. The number of halogens is 1. The maximum atomic E-state index is 13.7. The van der Waals surface area contributed by atoms with Gasteiger partial charge < -0.3 is 4.74 Å². The zero-order valence-electron chi connectivity index (χ0n) is 15.4. The molecule has 2 aromatic carbocycles. The van der Waals surface area contributed by atoms with E-state index in [9.17, 15) is 4.39 Å². The smallest absolute Gasteiger partial charge is 0.213 e. The van der Waals surface area contributed by atoms with Crippen molar-refractivity contribution in [2.75, 3.05) is 6.61 Å². The Bertz CT molecular complexity index is 896. The highest BCUT2D eigenvalue weighted by Gasteiger charge is 2.27. The van der Waals surface area contributed by atoms with E-state index in [0.29, 0.717) is 12.5 Å². The second-order valence-electron chi connectivity index (χ2n) is 7.15. The van der Waals surface area contributed by atoms with E-state index in [-0.39, 0.29) is 11.9 Å². The van der Waals surface area contributed by atoms with E-state index >= 15 is 0 Å². The average Bonchev–Trinajstić information content (AvgIpc) is 2.68. The molecule has 0 saturated heterocycles. The Morgan fingerprint density at radius 1 is 1.07 bits per heavy atom. The van der Waals surface area contributed by atoms with Crippen molar-refractivity contribution in [3.8, 4) is 5.88 Å². The molecule has 0 aliphatic carbocycles. The van der Waals surface area contributed by atoms with Gasteiger partial charge in [0.25, 0.3) is 0 Å². The number of aromatic nitrogens is 1. The van der Waals surface area contributed by atoms with Gasteiger partial charge in [-0.15, -0.1) is 0 Å². The second kappa shape index (κ2) is 7.89. The predicted molar refractivity (Wildman–Crippen MR) is 104 cm³/mol. The van der Waals surface area contributed by atoms with Crippen LogP contribution in [0.3, 0.4) is 0 Å². The first kappa shape index (κ1) is 17.7. The summed E-state index contributed by atoms with van der Waals surface area (Å²) < 4.78 is 19.7. The molecule has 138 valence electrons. The minimum atomic E-state index is -0.174. The monoisotopic (exact) mass is 362 g/mol. The summed E-state index contributed by atoms with van der Waals surface area (Å²) in [6, 6.07) is 19.6. The van der Waals surface area contributed by atoms with Gasteiger partial charge in [-0.1, -0.05) is 42.5 Å². The van der Waals surface area contributed by atoms with E-state index in [4.69, 9.17) is 4.74 Å². The molecule has 0 bridgehead atoms. The zero-order valence-corrected chi connectivity index (χ0v) is 15.4. The fraction of sp³-hybridized carbons (Fsp3) is 0.261. The van der Waals surface area contributed by atoms with Crippen molar-refractivity contribution in [3.63, 3.8) is 0 Å². The number of nitrogens with zero attached hydrogens (tertiary/aromatic N) is 2. The van der Waals surface area contributed by atoms with Gasteiger partial charge in [0.2, 0.25) is 5.88 Å². The number of pyridine rings is 1. The highest BCUT2D eigenvalue weighted by molar-refractivity contribution is 5.31. The van der Waals surface area contributed by atoms with Gasteiger partial charge >= 0.3 is 0 Å². The van der Waals surface area contributed by atoms with E-state index in [2.05, 4.69) is 34.1 Å². The quantitative estimate of drug-likeness (QED) is 0.666. The maximum absolute atomic E-state index is 13.7. The Hall–Kier alpha value is -2.72. The molecule has 1 unspecified atom stereocenters. The molecule has 0 amide bonds. The molecular weight excluding hydrogens is 339 g/mol. The Morgan fingerprint density at radius 3 is 2.70 bits per heavy atom. The molecule has 1 aliphatic heterocycles. The standard InChI is InChI=1S/C23H23FN2O/c1-17-7-10-23(25-13-17)27-16-22-12-19-8-9-21(24)11-20(19)15-26(22)14-18-5-3-2-4-6-18/h2-11,13,22H,12,14-16H2,1H3. The summed E-state index contributed by atoms with van der Waals surface area (Å²) in [6.45, 7) is 4.10. The van der Waals surface area contributed by atoms with Gasteiger partial charge in [-0.25, -0.2) is 9.37 Å². The first-order chi connectivity index (χ1) is 13.2. The molecule has 1 atom stereocenters. The van der Waals surface area contributed by atoms with Crippen LogP contribution in [0.15, 0.2) is 66.9 Å². The molecule has 4 heteroatoms. The summed E-state index contributed by atoms with van der Waals surface area (Å²) in [5.74, 6) is 0.470. The number of ether oxygens (including phenoxy) is 1. The lowest BCUT2D eigenvalue weighted by Crippen LogP contribution is -2.43. The lowest BCUT2D eigenvalue weighted by Gasteiger charge is -2.36. The molecule has 0 radical (unpaired) electrons. The number of hydrogen-bond donors (Lipinski definition) is 0. The topological polar surface area (TPSA) is 25.4 Å². The molecule has 3 aromatic rings. The number of rotatable bonds is 5. The average molecular weight is 362 g/mol. The van der Waals surface area contributed by atoms with Crippen LogP contribution in [0.1, 0.15) is 22.3 Å². The summed E-state index contributed by atoms with van der Waals surface area (Å²) in [5.41, 5.74) is 4.62. The Kier molecular flexibility index (Phi) is 5.16. The van der Waals surface area contributed by atoms with Crippen molar-refractivity contribution in [1.29, 1.82) is 0 Å². The summed E-state index contributed by atoms with van der Waals surface area (Å²) in [7, 11) is 0. The maximum Gasteiger partial charge on any atom is 0.213 e. The first-order valence-electron chi connectivity index (χ1n) is 9.28. The largest absolute Gasteiger partial charge is 0.476 e. The van der Waals surface area contributed by atoms with Crippen LogP contribution in [0.4, 0.5) is 4.39 Å². The molecule has 4 rings (SSSR count). The number of benzene rings is 2. The molecule has 27 heavy (non-hydrogen) atoms.